The van der Waals surface area contributed by atoms with Gasteiger partial charge >= 0.3 is 11.8 Å². The SMILES string of the molecule is COc1ccc(CNC(=O)C(=O)NCC(C)(O)CSC)cc1. The van der Waals surface area contributed by atoms with Crippen molar-refractivity contribution in [1.82, 2.24) is 10.6 Å². The Morgan fingerprint density at radius 1 is 1.23 bits per heavy atom. The van der Waals surface area contributed by atoms with Crippen LogP contribution in [0.3, 0.4) is 0 Å². The summed E-state index contributed by atoms with van der Waals surface area (Å²) in [5.41, 5.74) is -0.179. The summed E-state index contributed by atoms with van der Waals surface area (Å²) in [5, 5.41) is 14.9. The van der Waals surface area contributed by atoms with Crippen molar-refractivity contribution < 1.29 is 19.4 Å². The molecule has 2 amide bonds. The van der Waals surface area contributed by atoms with E-state index < -0.39 is 17.4 Å². The van der Waals surface area contributed by atoms with Crippen molar-refractivity contribution in [3.05, 3.63) is 29.8 Å². The molecule has 0 heterocycles. The molecule has 0 fully saturated rings. The van der Waals surface area contributed by atoms with Crippen LogP contribution in [0.25, 0.3) is 0 Å². The van der Waals surface area contributed by atoms with Gasteiger partial charge in [-0.25, -0.2) is 0 Å². The summed E-state index contributed by atoms with van der Waals surface area (Å²) < 4.78 is 5.04. The van der Waals surface area contributed by atoms with Crippen LogP contribution in [0.15, 0.2) is 24.3 Å². The topological polar surface area (TPSA) is 87.7 Å². The molecule has 122 valence electrons. The molecule has 6 nitrogen and oxygen atoms in total. The number of methoxy groups -OCH3 is 1. The minimum absolute atomic E-state index is 0.0304. The van der Waals surface area contributed by atoms with Crippen LogP contribution in [0, 0.1) is 0 Å². The number of carbonyl (C=O) groups is 2. The molecule has 1 aromatic carbocycles. The average Bonchev–Trinajstić information content (AvgIpc) is 2.50. The molecule has 0 radical (unpaired) electrons. The van der Waals surface area contributed by atoms with E-state index in [-0.39, 0.29) is 13.1 Å². The van der Waals surface area contributed by atoms with Crippen LogP contribution in [0.4, 0.5) is 0 Å². The third kappa shape index (κ3) is 6.36. The Balaban J connectivity index is 2.39. The number of hydrogen-bond donors (Lipinski definition) is 3. The maximum Gasteiger partial charge on any atom is 0.309 e. The second-order valence-electron chi connectivity index (χ2n) is 5.14. The van der Waals surface area contributed by atoms with E-state index in [2.05, 4.69) is 10.6 Å². The maximum absolute atomic E-state index is 11.7. The van der Waals surface area contributed by atoms with E-state index in [1.165, 1.54) is 11.8 Å². The second-order valence-corrected chi connectivity index (χ2v) is 6.01. The van der Waals surface area contributed by atoms with Crippen molar-refractivity contribution in [2.45, 2.75) is 19.1 Å². The van der Waals surface area contributed by atoms with Crippen LogP contribution in [-0.2, 0) is 16.1 Å². The quantitative estimate of drug-likeness (QED) is 0.637. The first-order valence-electron chi connectivity index (χ1n) is 6.78. The summed E-state index contributed by atoms with van der Waals surface area (Å²) in [6, 6.07) is 7.17. The van der Waals surface area contributed by atoms with E-state index >= 15 is 0 Å². The normalized spacial score (nSPS) is 13.1. The van der Waals surface area contributed by atoms with Crippen molar-refractivity contribution in [1.29, 1.82) is 0 Å². The fourth-order valence-corrected chi connectivity index (χ4v) is 2.44. The number of rotatable bonds is 7. The van der Waals surface area contributed by atoms with E-state index in [0.29, 0.717) is 5.75 Å². The molecule has 0 aliphatic heterocycles. The van der Waals surface area contributed by atoms with Crippen molar-refractivity contribution in [3.63, 3.8) is 0 Å². The highest BCUT2D eigenvalue weighted by Crippen LogP contribution is 2.11. The van der Waals surface area contributed by atoms with E-state index in [9.17, 15) is 14.7 Å². The van der Waals surface area contributed by atoms with Crippen molar-refractivity contribution >= 4 is 23.6 Å². The molecular formula is C15H22N2O4S. The van der Waals surface area contributed by atoms with Gasteiger partial charge in [-0.05, 0) is 30.9 Å². The number of carbonyl (C=O) groups excluding carboxylic acids is 2. The van der Waals surface area contributed by atoms with Crippen LogP contribution >= 0.6 is 11.8 Å². The highest BCUT2D eigenvalue weighted by atomic mass is 32.2. The molecule has 0 saturated heterocycles. The first-order chi connectivity index (χ1) is 10.4. The molecule has 22 heavy (non-hydrogen) atoms. The van der Waals surface area contributed by atoms with Gasteiger partial charge in [0.2, 0.25) is 0 Å². The lowest BCUT2D eigenvalue weighted by Gasteiger charge is -2.22. The van der Waals surface area contributed by atoms with Gasteiger partial charge in [-0.3, -0.25) is 9.59 Å². The Kier molecular flexibility index (Phi) is 7.20. The number of nitrogens with one attached hydrogen (secondary N) is 2. The minimum Gasteiger partial charge on any atom is -0.497 e. The lowest BCUT2D eigenvalue weighted by molar-refractivity contribution is -0.139. The summed E-state index contributed by atoms with van der Waals surface area (Å²) >= 11 is 1.47. The second kappa shape index (κ2) is 8.65. The highest BCUT2D eigenvalue weighted by molar-refractivity contribution is 7.98. The van der Waals surface area contributed by atoms with Crippen molar-refractivity contribution in [3.8, 4) is 5.75 Å². The first-order valence-corrected chi connectivity index (χ1v) is 8.17. The van der Waals surface area contributed by atoms with Crippen LogP contribution in [0.1, 0.15) is 12.5 Å². The van der Waals surface area contributed by atoms with E-state index in [0.717, 1.165) is 11.3 Å². The maximum atomic E-state index is 11.7. The molecule has 1 atom stereocenters. The number of aliphatic hydroxyl groups is 1. The van der Waals surface area contributed by atoms with Gasteiger partial charge in [-0.15, -0.1) is 0 Å². The number of benzene rings is 1. The summed E-state index contributed by atoms with van der Waals surface area (Å²) in [6.07, 6.45) is 1.86. The van der Waals surface area contributed by atoms with Gasteiger partial charge in [-0.1, -0.05) is 12.1 Å². The summed E-state index contributed by atoms with van der Waals surface area (Å²) in [7, 11) is 1.58. The zero-order valence-electron chi connectivity index (χ0n) is 13.0. The molecule has 7 heteroatoms. The predicted molar refractivity (Wildman–Crippen MR) is 86.9 cm³/mol. The molecule has 0 aliphatic rings. The molecule has 0 bridgehead atoms. The van der Waals surface area contributed by atoms with Crippen molar-refractivity contribution in [2.75, 3.05) is 25.7 Å². The lowest BCUT2D eigenvalue weighted by Crippen LogP contribution is -2.47. The summed E-state index contributed by atoms with van der Waals surface area (Å²) in [5.74, 6) is -0.282. The Morgan fingerprint density at radius 2 is 1.82 bits per heavy atom. The van der Waals surface area contributed by atoms with Gasteiger partial charge < -0.3 is 20.5 Å². The smallest absolute Gasteiger partial charge is 0.309 e. The molecule has 0 saturated carbocycles. The molecule has 3 N–H and O–H groups in total. The van der Waals surface area contributed by atoms with Gasteiger partial charge in [0.15, 0.2) is 0 Å². The average molecular weight is 326 g/mol. The molecule has 1 aromatic rings. The number of ether oxygens (including phenoxy) is 1. The fraction of sp³-hybridized carbons (Fsp3) is 0.467. The Morgan fingerprint density at radius 3 is 2.36 bits per heavy atom. The van der Waals surface area contributed by atoms with Crippen LogP contribution in [0.2, 0.25) is 0 Å². The monoisotopic (exact) mass is 326 g/mol. The van der Waals surface area contributed by atoms with Gasteiger partial charge in [0.05, 0.1) is 12.7 Å². The van der Waals surface area contributed by atoms with Gasteiger partial charge in [0, 0.05) is 18.8 Å². The molecule has 1 rings (SSSR count). The molecule has 0 aromatic heterocycles. The fourth-order valence-electron chi connectivity index (χ4n) is 1.72. The Labute approximate surface area is 134 Å². The number of thioether (sulfide) groups is 1. The van der Waals surface area contributed by atoms with Gasteiger partial charge in [-0.2, -0.15) is 11.8 Å². The number of hydrogen-bond acceptors (Lipinski definition) is 5. The lowest BCUT2D eigenvalue weighted by atomic mass is 10.1. The predicted octanol–water partition coefficient (Wildman–Crippen LogP) is 0.542. The first kappa shape index (κ1) is 18.3. The Hall–Kier alpha value is -1.73. The zero-order valence-corrected chi connectivity index (χ0v) is 13.8. The van der Waals surface area contributed by atoms with Gasteiger partial charge in [0.25, 0.3) is 0 Å². The Bertz CT molecular complexity index is 503. The van der Waals surface area contributed by atoms with Crippen LogP contribution in [-0.4, -0.2) is 48.2 Å². The zero-order chi connectivity index (χ0) is 16.6. The van der Waals surface area contributed by atoms with E-state index in [1.54, 1.807) is 38.3 Å². The molecular weight excluding hydrogens is 304 g/mol. The van der Waals surface area contributed by atoms with E-state index in [4.69, 9.17) is 4.74 Å². The van der Waals surface area contributed by atoms with Crippen LogP contribution in [0.5, 0.6) is 5.75 Å². The molecule has 1 unspecified atom stereocenters. The van der Waals surface area contributed by atoms with Crippen molar-refractivity contribution in [2.24, 2.45) is 0 Å². The molecule has 0 spiro atoms. The molecule has 0 aliphatic carbocycles. The highest BCUT2D eigenvalue weighted by Gasteiger charge is 2.22. The number of amides is 2. The van der Waals surface area contributed by atoms with Gasteiger partial charge in [0.1, 0.15) is 5.75 Å². The minimum atomic E-state index is -1.04. The standard InChI is InChI=1S/C15H22N2O4S/c1-15(20,10-22-3)9-17-14(19)13(18)16-8-11-4-6-12(21-2)7-5-11/h4-7,20H,8-10H2,1-3H3,(H,16,18)(H,17,19). The van der Waals surface area contributed by atoms with Crippen LogP contribution < -0.4 is 15.4 Å². The summed E-state index contributed by atoms with van der Waals surface area (Å²) in [4.78, 5) is 23.3. The largest absolute Gasteiger partial charge is 0.497 e. The van der Waals surface area contributed by atoms with E-state index in [1.807, 2.05) is 6.26 Å². The third-order valence-electron chi connectivity index (χ3n) is 2.90. The summed E-state index contributed by atoms with van der Waals surface area (Å²) in [6.45, 7) is 1.89. The third-order valence-corrected chi connectivity index (χ3v) is 3.81.